The van der Waals surface area contributed by atoms with Crippen molar-refractivity contribution < 1.29 is 37.3 Å². The molecule has 1 amide bonds. The Kier molecular flexibility index (Phi) is 9.08. The third-order valence-corrected chi connectivity index (χ3v) is 7.40. The van der Waals surface area contributed by atoms with E-state index in [0.29, 0.717) is 41.4 Å². The largest absolute Gasteiger partial charge is 0.487 e. The van der Waals surface area contributed by atoms with Gasteiger partial charge in [0.05, 0.1) is 23.2 Å². The van der Waals surface area contributed by atoms with Gasteiger partial charge in [0.15, 0.2) is 23.1 Å². The number of methoxy groups -OCH3 is 1. The molecule has 0 atom stereocenters. The zero-order valence-corrected chi connectivity index (χ0v) is 26.1. The zero-order valence-electron chi connectivity index (χ0n) is 26.1. The van der Waals surface area contributed by atoms with E-state index in [9.17, 15) is 18.8 Å². The lowest BCUT2D eigenvalue weighted by atomic mass is 10.1. The van der Waals surface area contributed by atoms with Gasteiger partial charge in [0.2, 0.25) is 5.75 Å². The molecule has 5 aromatic rings. The van der Waals surface area contributed by atoms with Gasteiger partial charge in [-0.2, -0.15) is 0 Å². The number of aromatic nitrogens is 3. The topological polar surface area (TPSA) is 132 Å². The van der Waals surface area contributed by atoms with Crippen molar-refractivity contribution in [3.05, 3.63) is 105 Å². The fraction of sp³-hybridized carbons (Fsp3) is 0.235. The number of carbonyl (C=O) groups excluding carboxylic acids is 1. The number of nitrogens with zero attached hydrogens (tertiary/aromatic N) is 3. The molecule has 12 nitrogen and oxygen atoms in total. The van der Waals surface area contributed by atoms with Crippen molar-refractivity contribution in [2.45, 2.75) is 19.9 Å². The quantitative estimate of drug-likeness (QED) is 0.200. The first-order chi connectivity index (χ1) is 23.2. The molecule has 1 aliphatic heterocycles. The Bertz CT molecular complexity index is 2130. The van der Waals surface area contributed by atoms with Crippen LogP contribution in [0.25, 0.3) is 16.6 Å². The molecule has 0 saturated heterocycles. The second kappa shape index (κ2) is 13.5. The molecule has 3 aromatic carbocycles. The van der Waals surface area contributed by atoms with E-state index < -0.39 is 34.8 Å². The fourth-order valence-electron chi connectivity index (χ4n) is 5.10. The monoisotopic (exact) mass is 660 g/mol. The lowest BCUT2D eigenvalue weighted by molar-refractivity contribution is 0.102. The Morgan fingerprint density at radius 1 is 0.958 bits per heavy atom. The number of hydrogen-bond acceptors (Lipinski definition) is 9. The first-order valence-electron chi connectivity index (χ1n) is 14.9. The molecule has 6 rings (SSSR count). The Morgan fingerprint density at radius 2 is 1.71 bits per heavy atom. The highest BCUT2D eigenvalue weighted by molar-refractivity contribution is 6.04. The average molecular weight is 661 g/mol. The number of fused-ring (bicyclic) bond motifs is 3. The van der Waals surface area contributed by atoms with Crippen molar-refractivity contribution >= 4 is 22.5 Å². The summed E-state index contributed by atoms with van der Waals surface area (Å²) in [6.07, 6.45) is 2.64. The number of rotatable bonds is 10. The normalized spacial score (nSPS) is 12.3. The van der Waals surface area contributed by atoms with E-state index >= 15 is 4.39 Å². The van der Waals surface area contributed by atoms with E-state index in [1.54, 1.807) is 33.1 Å². The lowest BCUT2D eigenvalue weighted by Crippen LogP contribution is -2.42. The Hall–Kier alpha value is -5.76. The third-order valence-electron chi connectivity index (χ3n) is 7.40. The predicted octanol–water partition coefficient (Wildman–Crippen LogP) is 5.25. The maximum absolute atomic E-state index is 15.5. The number of hydrogen-bond donors (Lipinski definition) is 1. The van der Waals surface area contributed by atoms with Crippen LogP contribution < -0.4 is 35.5 Å². The van der Waals surface area contributed by atoms with Crippen molar-refractivity contribution in [1.29, 1.82) is 0 Å². The number of ether oxygens (including phenoxy) is 5. The minimum atomic E-state index is -0.923. The highest BCUT2D eigenvalue weighted by atomic mass is 19.1. The molecule has 48 heavy (non-hydrogen) atoms. The number of anilines is 1. The molecule has 2 aromatic heterocycles. The smallest absolute Gasteiger partial charge is 0.335 e. The lowest BCUT2D eigenvalue weighted by Gasteiger charge is -2.23. The number of amides is 1. The Balaban J connectivity index is 1.29. The number of nitrogens with one attached hydrogen (secondary N) is 1. The van der Waals surface area contributed by atoms with Crippen molar-refractivity contribution in [3.63, 3.8) is 0 Å². The maximum Gasteiger partial charge on any atom is 0.335 e. The SMILES string of the molecule is COCCOc1cc2nccc(Oc3ccc(NC(=O)c4cn(C(C)C)c(=O)n(-c5ccc(F)cc5)c4=O)cc3F)c2c2c1OCCO2. The minimum absolute atomic E-state index is 0.0198. The fourth-order valence-corrected chi connectivity index (χ4v) is 5.10. The maximum atomic E-state index is 15.5. The van der Waals surface area contributed by atoms with Gasteiger partial charge in [-0.3, -0.25) is 19.1 Å². The number of benzene rings is 3. The second-order valence-electron chi connectivity index (χ2n) is 10.9. The van der Waals surface area contributed by atoms with Crippen molar-refractivity contribution in [3.8, 4) is 34.4 Å². The number of pyridine rings is 1. The van der Waals surface area contributed by atoms with E-state index in [-0.39, 0.29) is 41.7 Å². The molecule has 0 unspecified atom stereocenters. The molecule has 1 N–H and O–H groups in total. The summed E-state index contributed by atoms with van der Waals surface area (Å²) < 4.78 is 59.6. The van der Waals surface area contributed by atoms with Gasteiger partial charge in [-0.15, -0.1) is 0 Å². The van der Waals surface area contributed by atoms with Gasteiger partial charge < -0.3 is 29.0 Å². The van der Waals surface area contributed by atoms with Crippen LogP contribution in [0.15, 0.2) is 76.6 Å². The molecule has 0 saturated carbocycles. The number of halogens is 2. The van der Waals surface area contributed by atoms with Crippen LogP contribution in [0, 0.1) is 11.6 Å². The minimum Gasteiger partial charge on any atom is -0.487 e. The van der Waals surface area contributed by atoms with Gasteiger partial charge >= 0.3 is 5.69 Å². The average Bonchev–Trinajstić information content (AvgIpc) is 3.07. The van der Waals surface area contributed by atoms with Crippen LogP contribution in [-0.4, -0.2) is 53.6 Å². The summed E-state index contributed by atoms with van der Waals surface area (Å²) in [4.78, 5) is 44.2. The van der Waals surface area contributed by atoms with Crippen LogP contribution in [0.5, 0.6) is 28.7 Å². The molecule has 14 heteroatoms. The third kappa shape index (κ3) is 6.29. The van der Waals surface area contributed by atoms with Gasteiger partial charge in [0.1, 0.15) is 37.0 Å². The molecular weight excluding hydrogens is 630 g/mol. The van der Waals surface area contributed by atoms with E-state index in [2.05, 4.69) is 10.3 Å². The first-order valence-corrected chi connectivity index (χ1v) is 14.9. The van der Waals surface area contributed by atoms with Crippen LogP contribution in [0.1, 0.15) is 30.2 Å². The molecule has 0 radical (unpaired) electrons. The summed E-state index contributed by atoms with van der Waals surface area (Å²) in [5, 5.41) is 2.95. The summed E-state index contributed by atoms with van der Waals surface area (Å²) in [7, 11) is 1.56. The summed E-state index contributed by atoms with van der Waals surface area (Å²) in [6, 6.07) is 11.3. The standard InChI is InChI=1S/C34H30F2N4O8/c1-19(2)39-18-23(33(42)40(34(39)43)22-7-4-20(35)5-8-22)32(41)38-21-6-9-26(24(36)16-21)48-27-10-11-37-25-17-28(45-13-12-44-3)30-31(29(25)27)47-15-14-46-30/h4-11,16-19H,12-15H2,1-3H3,(H,38,41). The van der Waals surface area contributed by atoms with E-state index in [1.807, 2.05) is 0 Å². The van der Waals surface area contributed by atoms with E-state index in [0.717, 1.165) is 29.0 Å². The van der Waals surface area contributed by atoms with Crippen LogP contribution in [0.2, 0.25) is 0 Å². The molecule has 248 valence electrons. The molecule has 0 bridgehead atoms. The van der Waals surface area contributed by atoms with Gasteiger partial charge in [-0.05, 0) is 56.3 Å². The van der Waals surface area contributed by atoms with E-state index in [1.165, 1.54) is 35.0 Å². The van der Waals surface area contributed by atoms with Crippen LogP contribution in [-0.2, 0) is 4.74 Å². The Labute approximate surface area is 272 Å². The van der Waals surface area contributed by atoms with Crippen molar-refractivity contribution in [1.82, 2.24) is 14.1 Å². The van der Waals surface area contributed by atoms with E-state index in [4.69, 9.17) is 23.7 Å². The second-order valence-corrected chi connectivity index (χ2v) is 10.9. The van der Waals surface area contributed by atoms with Crippen molar-refractivity contribution in [2.24, 2.45) is 0 Å². The zero-order chi connectivity index (χ0) is 33.9. The molecule has 0 fully saturated rings. The van der Waals surface area contributed by atoms with Crippen LogP contribution in [0.4, 0.5) is 14.5 Å². The summed E-state index contributed by atoms with van der Waals surface area (Å²) >= 11 is 0. The van der Waals surface area contributed by atoms with Gasteiger partial charge in [0, 0.05) is 43.4 Å². The Morgan fingerprint density at radius 3 is 2.42 bits per heavy atom. The highest BCUT2D eigenvalue weighted by Gasteiger charge is 2.25. The summed E-state index contributed by atoms with van der Waals surface area (Å²) in [5.41, 5.74) is -1.45. The molecule has 0 spiro atoms. The van der Waals surface area contributed by atoms with Gasteiger partial charge in [-0.1, -0.05) is 0 Å². The van der Waals surface area contributed by atoms with Crippen LogP contribution in [0.3, 0.4) is 0 Å². The molecule has 3 heterocycles. The number of carbonyl (C=O) groups is 1. The molecular formula is C34H30F2N4O8. The highest BCUT2D eigenvalue weighted by Crippen LogP contribution is 2.48. The van der Waals surface area contributed by atoms with Gasteiger partial charge in [0.25, 0.3) is 11.5 Å². The molecule has 1 aliphatic rings. The van der Waals surface area contributed by atoms with Gasteiger partial charge in [-0.25, -0.2) is 18.1 Å². The van der Waals surface area contributed by atoms with Crippen molar-refractivity contribution in [2.75, 3.05) is 38.9 Å². The summed E-state index contributed by atoms with van der Waals surface area (Å²) in [6.45, 7) is 4.60. The first kappa shape index (κ1) is 32.2. The molecule has 0 aliphatic carbocycles. The summed E-state index contributed by atoms with van der Waals surface area (Å²) in [5.74, 6) is -1.08. The predicted molar refractivity (Wildman–Crippen MR) is 171 cm³/mol. The van der Waals surface area contributed by atoms with Crippen LogP contribution >= 0.6 is 0 Å².